The molecule has 2 aromatic carbocycles. The van der Waals surface area contributed by atoms with Crippen LogP contribution in [0.4, 0.5) is 5.69 Å². The Balaban J connectivity index is 1.55. The summed E-state index contributed by atoms with van der Waals surface area (Å²) in [4.78, 5) is 53.4. The van der Waals surface area contributed by atoms with Gasteiger partial charge in [-0.25, -0.2) is 0 Å². The molecule has 0 radical (unpaired) electrons. The van der Waals surface area contributed by atoms with Crippen molar-refractivity contribution in [3.8, 4) is 0 Å². The van der Waals surface area contributed by atoms with Crippen LogP contribution >= 0.6 is 0 Å². The second-order valence-electron chi connectivity index (χ2n) is 8.75. The van der Waals surface area contributed by atoms with Crippen molar-refractivity contribution in [1.29, 1.82) is 0 Å². The number of anilines is 1. The average molecular weight is 432 g/mol. The number of benzene rings is 2. The van der Waals surface area contributed by atoms with E-state index in [1.54, 1.807) is 6.07 Å². The quantitative estimate of drug-likeness (QED) is 0.605. The van der Waals surface area contributed by atoms with E-state index in [1.165, 1.54) is 4.90 Å². The number of hydrogen-bond donors (Lipinski definition) is 3. The van der Waals surface area contributed by atoms with Crippen LogP contribution in [-0.4, -0.2) is 41.1 Å². The van der Waals surface area contributed by atoms with E-state index >= 15 is 0 Å². The average Bonchev–Trinajstić information content (AvgIpc) is 3.33. The number of amides is 4. The maximum atomic E-state index is 13.6. The Morgan fingerprint density at radius 3 is 2.53 bits per heavy atom. The largest absolute Gasteiger partial charge is 0.370 e. The predicted octanol–water partition coefficient (Wildman–Crippen LogP) is 0.834. The summed E-state index contributed by atoms with van der Waals surface area (Å²) in [6.07, 6.45) is 0.378. The van der Waals surface area contributed by atoms with Crippen LogP contribution in [0.3, 0.4) is 0 Å². The predicted molar refractivity (Wildman–Crippen MR) is 116 cm³/mol. The number of fused-ring (bicyclic) bond motifs is 4. The van der Waals surface area contributed by atoms with Gasteiger partial charge in [0.2, 0.25) is 23.6 Å². The highest BCUT2D eigenvalue weighted by atomic mass is 16.2. The summed E-state index contributed by atoms with van der Waals surface area (Å²) >= 11 is 0. The van der Waals surface area contributed by atoms with Gasteiger partial charge in [0.15, 0.2) is 0 Å². The molecule has 3 heterocycles. The fourth-order valence-electron chi connectivity index (χ4n) is 5.53. The van der Waals surface area contributed by atoms with Gasteiger partial charge in [-0.1, -0.05) is 48.5 Å². The van der Waals surface area contributed by atoms with Crippen molar-refractivity contribution in [2.75, 3.05) is 11.9 Å². The molecule has 164 valence electrons. The van der Waals surface area contributed by atoms with E-state index in [4.69, 9.17) is 5.73 Å². The maximum Gasteiger partial charge on any atom is 0.250 e. The normalized spacial score (nSPS) is 28.2. The van der Waals surface area contributed by atoms with Crippen LogP contribution in [0.5, 0.6) is 0 Å². The van der Waals surface area contributed by atoms with Crippen molar-refractivity contribution < 1.29 is 19.2 Å². The molecule has 4 N–H and O–H groups in total. The Kier molecular flexibility index (Phi) is 4.63. The Morgan fingerprint density at radius 2 is 1.81 bits per heavy atom. The third-order valence-corrected chi connectivity index (χ3v) is 6.94. The lowest BCUT2D eigenvalue weighted by Crippen LogP contribution is -2.53. The fourth-order valence-corrected chi connectivity index (χ4v) is 5.53. The molecule has 8 heteroatoms. The molecule has 2 saturated heterocycles. The molecular weight excluding hydrogens is 408 g/mol. The Bertz CT molecular complexity index is 1150. The molecule has 2 unspecified atom stereocenters. The fraction of sp³-hybridized carbons (Fsp3) is 0.333. The second-order valence-corrected chi connectivity index (χ2v) is 8.75. The summed E-state index contributed by atoms with van der Waals surface area (Å²) in [5.41, 5.74) is 7.20. The summed E-state index contributed by atoms with van der Waals surface area (Å²) in [5, 5.41) is 6.10. The van der Waals surface area contributed by atoms with E-state index < -0.39 is 29.3 Å². The molecule has 5 rings (SSSR count). The summed E-state index contributed by atoms with van der Waals surface area (Å²) in [6.45, 7) is 2.09. The number of nitrogens with one attached hydrogen (secondary N) is 2. The molecule has 4 amide bonds. The first kappa shape index (κ1) is 20.4. The molecular formula is C24H24N4O4. The molecule has 0 aliphatic carbocycles. The first-order chi connectivity index (χ1) is 15.3. The van der Waals surface area contributed by atoms with Crippen LogP contribution in [0.25, 0.3) is 0 Å². The highest BCUT2D eigenvalue weighted by Crippen LogP contribution is 2.53. The number of primary amides is 1. The minimum Gasteiger partial charge on any atom is -0.370 e. The number of imide groups is 1. The highest BCUT2D eigenvalue weighted by molar-refractivity contribution is 6.15. The molecule has 8 nitrogen and oxygen atoms in total. The number of hydrogen-bond acceptors (Lipinski definition) is 5. The Labute approximate surface area is 185 Å². The number of nitrogens with zero attached hydrogens (tertiary/aromatic N) is 1. The molecule has 0 bridgehead atoms. The van der Waals surface area contributed by atoms with Gasteiger partial charge < -0.3 is 11.1 Å². The lowest BCUT2D eigenvalue weighted by molar-refractivity contribution is -0.142. The molecule has 4 atom stereocenters. The van der Waals surface area contributed by atoms with Crippen molar-refractivity contribution in [2.45, 2.75) is 31.3 Å². The van der Waals surface area contributed by atoms with E-state index in [9.17, 15) is 19.2 Å². The third kappa shape index (κ3) is 2.79. The monoisotopic (exact) mass is 432 g/mol. The number of para-hydroxylation sites is 1. The highest BCUT2D eigenvalue weighted by Gasteiger charge is 2.70. The number of aryl methyl sites for hydroxylation is 1. The van der Waals surface area contributed by atoms with Crippen molar-refractivity contribution in [1.82, 2.24) is 10.2 Å². The van der Waals surface area contributed by atoms with Crippen molar-refractivity contribution in [2.24, 2.45) is 17.6 Å². The summed E-state index contributed by atoms with van der Waals surface area (Å²) < 4.78 is 0. The summed E-state index contributed by atoms with van der Waals surface area (Å²) in [6, 6.07) is 14.4. The molecule has 2 aromatic rings. The van der Waals surface area contributed by atoms with Crippen LogP contribution in [0, 0.1) is 18.8 Å². The number of nitrogens with two attached hydrogens (primary N) is 1. The van der Waals surface area contributed by atoms with Crippen LogP contribution in [0.2, 0.25) is 0 Å². The smallest absolute Gasteiger partial charge is 0.250 e. The molecule has 1 spiro atoms. The molecule has 0 aromatic heterocycles. The van der Waals surface area contributed by atoms with Gasteiger partial charge in [0, 0.05) is 30.3 Å². The zero-order chi connectivity index (χ0) is 22.6. The van der Waals surface area contributed by atoms with E-state index in [-0.39, 0.29) is 30.7 Å². The molecule has 0 saturated carbocycles. The van der Waals surface area contributed by atoms with Crippen LogP contribution in [-0.2, 0) is 31.1 Å². The Hall–Kier alpha value is -3.52. The lowest BCUT2D eigenvalue weighted by atomic mass is 9.76. The minimum absolute atomic E-state index is 0.136. The first-order valence-electron chi connectivity index (χ1n) is 10.7. The van der Waals surface area contributed by atoms with Gasteiger partial charge in [0.1, 0.15) is 5.54 Å². The van der Waals surface area contributed by atoms with Crippen LogP contribution in [0.15, 0.2) is 48.5 Å². The van der Waals surface area contributed by atoms with Gasteiger partial charge in [-0.2, -0.15) is 0 Å². The number of likely N-dealkylation sites (tertiary alicyclic amines) is 1. The van der Waals surface area contributed by atoms with Gasteiger partial charge in [0.25, 0.3) is 0 Å². The summed E-state index contributed by atoms with van der Waals surface area (Å²) in [5.74, 6) is -3.49. The van der Waals surface area contributed by atoms with Gasteiger partial charge in [0.05, 0.1) is 11.8 Å². The standard InChI is InChI=1S/C24H24N4O4/c1-13-6-5-9-15-20(13)26-23(32)24(15)19-18(16(27-24)12-17(25)29)21(30)28(22(19)31)11-10-14-7-3-2-4-8-14/h2-9,16,18-19,27H,10-12H2,1H3,(H2,25,29)(H,26,32)/t16?,18-,19+,24?/m1/s1. The zero-order valence-electron chi connectivity index (χ0n) is 17.6. The van der Waals surface area contributed by atoms with Crippen LogP contribution in [0.1, 0.15) is 23.1 Å². The number of rotatable bonds is 5. The molecule has 32 heavy (non-hydrogen) atoms. The van der Waals surface area contributed by atoms with Gasteiger partial charge in [-0.05, 0) is 24.5 Å². The second kappa shape index (κ2) is 7.27. The third-order valence-electron chi connectivity index (χ3n) is 6.94. The first-order valence-corrected chi connectivity index (χ1v) is 10.7. The SMILES string of the molecule is Cc1cccc2c1NC(=O)C21NC(CC(N)=O)[C@H]2C(=O)N(CCc3ccccc3)C(=O)[C@H]21. The van der Waals surface area contributed by atoms with Crippen molar-refractivity contribution >= 4 is 29.3 Å². The molecule has 3 aliphatic rings. The lowest BCUT2D eigenvalue weighted by Gasteiger charge is -2.29. The summed E-state index contributed by atoms with van der Waals surface area (Å²) in [7, 11) is 0. The van der Waals surface area contributed by atoms with E-state index in [1.807, 2.05) is 49.4 Å². The van der Waals surface area contributed by atoms with E-state index in [0.717, 1.165) is 11.1 Å². The van der Waals surface area contributed by atoms with Crippen molar-refractivity contribution in [3.63, 3.8) is 0 Å². The van der Waals surface area contributed by atoms with E-state index in [2.05, 4.69) is 10.6 Å². The van der Waals surface area contributed by atoms with Gasteiger partial charge in [-0.15, -0.1) is 0 Å². The number of carbonyl (C=O) groups excluding carboxylic acids is 4. The topological polar surface area (TPSA) is 122 Å². The van der Waals surface area contributed by atoms with Crippen molar-refractivity contribution in [3.05, 3.63) is 65.2 Å². The van der Waals surface area contributed by atoms with Gasteiger partial charge in [-0.3, -0.25) is 29.4 Å². The van der Waals surface area contributed by atoms with E-state index in [0.29, 0.717) is 17.7 Å². The Morgan fingerprint density at radius 1 is 1.06 bits per heavy atom. The zero-order valence-corrected chi connectivity index (χ0v) is 17.6. The molecule has 3 aliphatic heterocycles. The molecule has 2 fully saturated rings. The van der Waals surface area contributed by atoms with Gasteiger partial charge >= 0.3 is 0 Å². The maximum absolute atomic E-state index is 13.6. The number of carbonyl (C=O) groups is 4. The van der Waals surface area contributed by atoms with Crippen LogP contribution < -0.4 is 16.4 Å². The minimum atomic E-state index is -1.40.